The quantitative estimate of drug-likeness (QED) is 0.256. The zero-order valence-corrected chi connectivity index (χ0v) is 4.80. The molecule has 0 atom stereocenters. The van der Waals surface area contributed by atoms with Crippen LogP contribution in [-0.4, -0.2) is 51.4 Å². The summed E-state index contributed by atoms with van der Waals surface area (Å²) in [6.07, 6.45) is 0. The van der Waals surface area contributed by atoms with Gasteiger partial charge in [-0.05, 0) is 0 Å². The van der Waals surface area contributed by atoms with Gasteiger partial charge >= 0.3 is 37.7 Å². The molecule has 0 heterocycles. The second-order valence-corrected chi connectivity index (χ2v) is 0.0816. The van der Waals surface area contributed by atoms with E-state index in [2.05, 4.69) is 0 Å². The van der Waals surface area contributed by atoms with Gasteiger partial charge in [0.1, 0.15) is 0 Å². The van der Waals surface area contributed by atoms with Gasteiger partial charge in [-0.3, -0.25) is 0 Å². The Labute approximate surface area is 64.2 Å². The summed E-state index contributed by atoms with van der Waals surface area (Å²) >= 11 is 0. The van der Waals surface area contributed by atoms with Crippen LogP contribution in [0.15, 0.2) is 5.34 Å². The molecule has 0 saturated heterocycles. The standard InChI is InChI=1S/B.Ca.HNO2.2H/c;;2-1-3;;/h;;(H,2,3);;/q;+2;;2*-1. The molecule has 0 rings (SSSR count). The van der Waals surface area contributed by atoms with Crippen molar-refractivity contribution in [1.29, 1.82) is 0 Å². The van der Waals surface area contributed by atoms with E-state index in [9.17, 15) is 0 Å². The summed E-state index contributed by atoms with van der Waals surface area (Å²) in [6.45, 7) is 0. The maximum atomic E-state index is 8.11. The average molecular weight is 99.9 g/mol. The Morgan fingerprint density at radius 3 is 1.80 bits per heavy atom. The van der Waals surface area contributed by atoms with E-state index in [0.717, 1.165) is 0 Å². The summed E-state index contributed by atoms with van der Waals surface area (Å²) in [7, 11) is 0. The minimum Gasteiger partial charge on any atom is -1.00 e. The molecule has 0 aromatic rings. The molecule has 3 nitrogen and oxygen atoms in total. The molecule has 5 heteroatoms. The van der Waals surface area contributed by atoms with E-state index in [4.69, 9.17) is 10.1 Å². The molecule has 25 valence electrons. The van der Waals surface area contributed by atoms with E-state index >= 15 is 0 Å². The van der Waals surface area contributed by atoms with Gasteiger partial charge in [0.2, 0.25) is 0 Å². The number of hydrogen-bond acceptors (Lipinski definition) is 2. The van der Waals surface area contributed by atoms with Crippen molar-refractivity contribution >= 4 is 46.2 Å². The Kier molecular flexibility index (Phi) is 75.9. The van der Waals surface area contributed by atoms with Crippen LogP contribution in [0.3, 0.4) is 0 Å². The number of rotatable bonds is 0. The van der Waals surface area contributed by atoms with E-state index in [1.165, 1.54) is 5.34 Å². The van der Waals surface area contributed by atoms with Crippen LogP contribution in [0.25, 0.3) is 0 Å². The molecule has 0 bridgehead atoms. The zero-order chi connectivity index (χ0) is 2.71. The van der Waals surface area contributed by atoms with Crippen LogP contribution >= 0.6 is 0 Å². The molecule has 5 heavy (non-hydrogen) atoms. The topological polar surface area (TPSA) is 49.7 Å². The first-order valence-electron chi connectivity index (χ1n) is 0.383. The second kappa shape index (κ2) is 22.0. The van der Waals surface area contributed by atoms with Gasteiger partial charge in [-0.15, -0.1) is 4.91 Å². The molecule has 0 aliphatic heterocycles. The molecule has 0 amide bonds. The normalized spacial score (nSPS) is 2.40. The first-order valence-corrected chi connectivity index (χ1v) is 0.383. The Hall–Kier alpha value is 0.725. The molecular formula is H3BCaNO2. The van der Waals surface area contributed by atoms with Gasteiger partial charge in [0.15, 0.2) is 5.34 Å². The Morgan fingerprint density at radius 2 is 1.80 bits per heavy atom. The summed E-state index contributed by atoms with van der Waals surface area (Å²) in [5, 5.41) is 7.89. The molecule has 0 aromatic carbocycles. The minimum absolute atomic E-state index is 0. The first kappa shape index (κ1) is 17.2. The van der Waals surface area contributed by atoms with Crippen LogP contribution in [0.4, 0.5) is 0 Å². The molecule has 0 aliphatic rings. The fourth-order valence-corrected chi connectivity index (χ4v) is 0. The third-order valence-corrected chi connectivity index (χ3v) is 0. The van der Waals surface area contributed by atoms with Crippen LogP contribution in [-0.2, 0) is 0 Å². The summed E-state index contributed by atoms with van der Waals surface area (Å²) in [5.41, 5.74) is 0. The monoisotopic (exact) mass is 100.0 g/mol. The van der Waals surface area contributed by atoms with Gasteiger partial charge in [-0.25, -0.2) is 0 Å². The molecule has 0 aromatic heterocycles. The first-order chi connectivity index (χ1) is 1.41. The molecule has 0 fully saturated rings. The predicted molar refractivity (Wildman–Crippen MR) is 21.3 cm³/mol. The van der Waals surface area contributed by atoms with Crippen molar-refractivity contribution in [3.8, 4) is 0 Å². The molecule has 0 aliphatic carbocycles. The molecule has 3 radical (unpaired) electrons. The van der Waals surface area contributed by atoms with Crippen molar-refractivity contribution < 1.29 is 8.06 Å². The SMILES string of the molecule is O=NO.[B].[Ca+2].[H-].[H-]. The van der Waals surface area contributed by atoms with Crippen LogP contribution in [0.5, 0.6) is 0 Å². The van der Waals surface area contributed by atoms with Crippen molar-refractivity contribution in [1.82, 2.24) is 0 Å². The summed E-state index contributed by atoms with van der Waals surface area (Å²) in [6, 6.07) is 0. The molecular weight excluding hydrogens is 96.9 g/mol. The van der Waals surface area contributed by atoms with Gasteiger partial charge in [0.05, 0.1) is 0 Å². The summed E-state index contributed by atoms with van der Waals surface area (Å²) in [5.74, 6) is 0. The Balaban J connectivity index is -0.00000000333. The Morgan fingerprint density at radius 1 is 1.80 bits per heavy atom. The van der Waals surface area contributed by atoms with E-state index in [1.54, 1.807) is 0 Å². The molecule has 1 N–H and O–H groups in total. The van der Waals surface area contributed by atoms with Crippen molar-refractivity contribution in [3.63, 3.8) is 0 Å². The molecule has 0 saturated carbocycles. The minimum atomic E-state index is 0. The largest absolute Gasteiger partial charge is 2.00 e. The third-order valence-electron chi connectivity index (χ3n) is 0. The fraction of sp³-hybridized carbons (Fsp3) is 0. The fourth-order valence-electron chi connectivity index (χ4n) is 0. The summed E-state index contributed by atoms with van der Waals surface area (Å²) in [4.78, 5) is 8.11. The Bertz CT molecular complexity index is 23.2. The van der Waals surface area contributed by atoms with E-state index in [1.807, 2.05) is 0 Å². The third kappa shape index (κ3) is 66.8. The van der Waals surface area contributed by atoms with Crippen molar-refractivity contribution in [2.75, 3.05) is 0 Å². The second-order valence-electron chi connectivity index (χ2n) is 0.0816. The van der Waals surface area contributed by atoms with Gasteiger partial charge in [-0.2, -0.15) is 0 Å². The maximum Gasteiger partial charge on any atom is 2.00 e. The van der Waals surface area contributed by atoms with Crippen LogP contribution in [0, 0.1) is 4.91 Å². The summed E-state index contributed by atoms with van der Waals surface area (Å²) < 4.78 is 0. The predicted octanol–water partition coefficient (Wildman–Crippen LogP) is -0.395. The molecule has 0 spiro atoms. The maximum absolute atomic E-state index is 8.11. The smallest absolute Gasteiger partial charge is 1.00 e. The average Bonchev–Trinajstić information content (AvgIpc) is 0.918. The molecule has 0 unspecified atom stereocenters. The van der Waals surface area contributed by atoms with E-state index < -0.39 is 0 Å². The van der Waals surface area contributed by atoms with E-state index in [-0.39, 0.29) is 49.0 Å². The number of hydrogen-bond donors (Lipinski definition) is 1. The van der Waals surface area contributed by atoms with Gasteiger partial charge in [0, 0.05) is 8.41 Å². The van der Waals surface area contributed by atoms with E-state index in [0.29, 0.717) is 0 Å². The van der Waals surface area contributed by atoms with Gasteiger partial charge in [-0.1, -0.05) is 0 Å². The van der Waals surface area contributed by atoms with Crippen LogP contribution in [0.1, 0.15) is 2.85 Å². The van der Waals surface area contributed by atoms with Gasteiger partial charge < -0.3 is 8.06 Å². The van der Waals surface area contributed by atoms with Crippen LogP contribution < -0.4 is 0 Å². The van der Waals surface area contributed by atoms with Crippen molar-refractivity contribution in [3.05, 3.63) is 4.91 Å². The van der Waals surface area contributed by atoms with Crippen LogP contribution in [0.2, 0.25) is 0 Å². The van der Waals surface area contributed by atoms with Crippen molar-refractivity contribution in [2.45, 2.75) is 0 Å². The van der Waals surface area contributed by atoms with Crippen molar-refractivity contribution in [2.24, 2.45) is 5.34 Å². The number of nitrogens with zero attached hydrogens (tertiary/aromatic N) is 1. The zero-order valence-electron chi connectivity index (χ0n) is 4.59. The van der Waals surface area contributed by atoms with Gasteiger partial charge in [0.25, 0.3) is 0 Å².